The van der Waals surface area contributed by atoms with E-state index >= 15 is 0 Å². The summed E-state index contributed by atoms with van der Waals surface area (Å²) in [4.78, 5) is 12.2. The summed E-state index contributed by atoms with van der Waals surface area (Å²) in [5.74, 6) is -0.981. The van der Waals surface area contributed by atoms with Gasteiger partial charge in [-0.15, -0.1) is 0 Å². The Kier molecular flexibility index (Phi) is 5.65. The first-order chi connectivity index (χ1) is 11.5. The molecule has 1 aliphatic rings. The lowest BCUT2D eigenvalue weighted by atomic mass is 9.92. The molecule has 0 radical (unpaired) electrons. The number of nitrogens with one attached hydrogen (secondary N) is 1. The largest absolute Gasteiger partial charge is 0.416 e. The van der Waals surface area contributed by atoms with E-state index in [9.17, 15) is 31.1 Å². The van der Waals surface area contributed by atoms with E-state index in [1.165, 1.54) is 7.11 Å². The smallest absolute Gasteiger partial charge is 0.379 e. The minimum absolute atomic E-state index is 0.00462. The van der Waals surface area contributed by atoms with Crippen molar-refractivity contribution in [3.05, 3.63) is 34.9 Å². The van der Waals surface area contributed by atoms with Gasteiger partial charge in [0.05, 0.1) is 23.3 Å². The highest BCUT2D eigenvalue weighted by atomic mass is 19.4. The summed E-state index contributed by atoms with van der Waals surface area (Å²) in [6.45, 7) is 0. The molecule has 0 aromatic heterocycles. The van der Waals surface area contributed by atoms with E-state index in [1.54, 1.807) is 0 Å². The Hall–Kier alpha value is -1.77. The number of ether oxygens (including phenoxy) is 1. The van der Waals surface area contributed by atoms with Gasteiger partial charge < -0.3 is 10.1 Å². The van der Waals surface area contributed by atoms with Gasteiger partial charge in [-0.1, -0.05) is 12.8 Å². The minimum Gasteiger partial charge on any atom is -0.379 e. The molecule has 0 bridgehead atoms. The fourth-order valence-corrected chi connectivity index (χ4v) is 2.88. The number of halogens is 6. The molecule has 1 aromatic carbocycles. The molecule has 1 amide bonds. The van der Waals surface area contributed by atoms with Gasteiger partial charge in [0, 0.05) is 12.7 Å². The van der Waals surface area contributed by atoms with Crippen molar-refractivity contribution >= 4 is 5.91 Å². The van der Waals surface area contributed by atoms with E-state index in [4.69, 9.17) is 4.74 Å². The van der Waals surface area contributed by atoms with Crippen LogP contribution < -0.4 is 5.32 Å². The van der Waals surface area contributed by atoms with E-state index in [2.05, 4.69) is 5.32 Å². The molecule has 1 fully saturated rings. The van der Waals surface area contributed by atoms with E-state index in [0.29, 0.717) is 25.0 Å². The van der Waals surface area contributed by atoms with Crippen LogP contribution in [0, 0.1) is 0 Å². The second-order valence-electron chi connectivity index (χ2n) is 5.93. The van der Waals surface area contributed by atoms with Crippen molar-refractivity contribution in [2.24, 2.45) is 0 Å². The van der Waals surface area contributed by atoms with Crippen molar-refractivity contribution in [3.63, 3.8) is 0 Å². The highest BCUT2D eigenvalue weighted by Gasteiger charge is 2.38. The summed E-state index contributed by atoms with van der Waals surface area (Å²) in [5.41, 5.74) is -3.71. The zero-order valence-corrected chi connectivity index (χ0v) is 13.3. The molecular formula is C16H17F6NO2. The molecule has 140 valence electrons. The van der Waals surface area contributed by atoms with Crippen LogP contribution >= 0.6 is 0 Å². The molecule has 2 rings (SSSR count). The fraction of sp³-hybridized carbons (Fsp3) is 0.562. The third-order valence-electron chi connectivity index (χ3n) is 4.17. The minimum atomic E-state index is -4.99. The fourth-order valence-electron chi connectivity index (χ4n) is 2.88. The van der Waals surface area contributed by atoms with Gasteiger partial charge in [-0.2, -0.15) is 26.3 Å². The Morgan fingerprint density at radius 2 is 1.52 bits per heavy atom. The van der Waals surface area contributed by atoms with Crippen LogP contribution in [0.1, 0.15) is 47.2 Å². The molecule has 1 saturated carbocycles. The number of rotatable bonds is 3. The van der Waals surface area contributed by atoms with Gasteiger partial charge in [0.15, 0.2) is 0 Å². The summed E-state index contributed by atoms with van der Waals surface area (Å²) in [7, 11) is 1.45. The van der Waals surface area contributed by atoms with Crippen molar-refractivity contribution in [3.8, 4) is 0 Å². The third-order valence-corrected chi connectivity index (χ3v) is 4.17. The molecule has 0 spiro atoms. The predicted molar refractivity (Wildman–Crippen MR) is 77.0 cm³/mol. The van der Waals surface area contributed by atoms with Crippen molar-refractivity contribution < 1.29 is 35.9 Å². The zero-order valence-electron chi connectivity index (χ0n) is 13.3. The number of carbonyl (C=O) groups is 1. The lowest BCUT2D eigenvalue weighted by molar-refractivity contribution is -0.143. The van der Waals surface area contributed by atoms with Crippen LogP contribution in [0.2, 0.25) is 0 Å². The second kappa shape index (κ2) is 7.23. The maximum atomic E-state index is 12.9. The Bertz CT molecular complexity index is 594. The van der Waals surface area contributed by atoms with Crippen molar-refractivity contribution in [2.75, 3.05) is 7.11 Å². The van der Waals surface area contributed by atoms with Gasteiger partial charge in [-0.3, -0.25) is 4.79 Å². The topological polar surface area (TPSA) is 38.3 Å². The summed E-state index contributed by atoms with van der Waals surface area (Å²) >= 11 is 0. The quantitative estimate of drug-likeness (QED) is 0.802. The molecule has 0 saturated heterocycles. The molecule has 2 atom stereocenters. The first kappa shape index (κ1) is 19.6. The van der Waals surface area contributed by atoms with E-state index in [-0.39, 0.29) is 12.2 Å². The zero-order chi connectivity index (χ0) is 18.8. The molecule has 9 heteroatoms. The molecule has 0 heterocycles. The maximum Gasteiger partial charge on any atom is 0.416 e. The highest BCUT2D eigenvalue weighted by Crippen LogP contribution is 2.36. The first-order valence-corrected chi connectivity index (χ1v) is 7.65. The Morgan fingerprint density at radius 1 is 1.00 bits per heavy atom. The van der Waals surface area contributed by atoms with Crippen LogP contribution in [-0.2, 0) is 17.1 Å². The van der Waals surface area contributed by atoms with E-state index < -0.39 is 41.0 Å². The van der Waals surface area contributed by atoms with Crippen molar-refractivity contribution in [2.45, 2.75) is 50.2 Å². The number of benzene rings is 1. The summed E-state index contributed by atoms with van der Waals surface area (Å²) < 4.78 is 82.4. The van der Waals surface area contributed by atoms with Crippen LogP contribution in [0.4, 0.5) is 26.3 Å². The molecule has 0 unspecified atom stereocenters. The standard InChI is InChI=1S/C16H17F6NO2/c1-25-13-5-3-2-4-12(13)23-14(24)9-6-10(15(17,18)19)8-11(7-9)16(20,21)22/h6-8,12-13H,2-5H2,1H3,(H,23,24)/t12-,13-/m0/s1. The molecule has 1 N–H and O–H groups in total. The molecule has 3 nitrogen and oxygen atoms in total. The van der Waals surface area contributed by atoms with Gasteiger partial charge >= 0.3 is 12.4 Å². The second-order valence-corrected chi connectivity index (χ2v) is 5.93. The molecule has 0 aliphatic heterocycles. The molecular weight excluding hydrogens is 352 g/mol. The molecule has 25 heavy (non-hydrogen) atoms. The van der Waals surface area contributed by atoms with E-state index in [0.717, 1.165) is 12.8 Å². The third kappa shape index (κ3) is 4.87. The SMILES string of the molecule is CO[C@H]1CCCC[C@@H]1NC(=O)c1cc(C(F)(F)F)cc(C(F)(F)F)c1. The van der Waals surface area contributed by atoms with Gasteiger partial charge in [0.25, 0.3) is 5.91 Å². The number of hydrogen-bond acceptors (Lipinski definition) is 2. The maximum absolute atomic E-state index is 12.9. The number of carbonyl (C=O) groups excluding carboxylic acids is 1. The summed E-state index contributed by atoms with van der Waals surface area (Å²) in [6, 6.07) is 0.398. The summed E-state index contributed by atoms with van der Waals surface area (Å²) in [5, 5.41) is 2.49. The normalized spacial score (nSPS) is 21.9. The lowest BCUT2D eigenvalue weighted by Crippen LogP contribution is -2.46. The van der Waals surface area contributed by atoms with Crippen LogP contribution in [0.5, 0.6) is 0 Å². The Balaban J connectivity index is 2.31. The lowest BCUT2D eigenvalue weighted by Gasteiger charge is -2.31. The predicted octanol–water partition coefficient (Wildman–Crippen LogP) is 4.41. The van der Waals surface area contributed by atoms with Crippen molar-refractivity contribution in [1.82, 2.24) is 5.32 Å². The molecule has 1 aliphatic carbocycles. The number of alkyl halides is 6. The van der Waals surface area contributed by atoms with Gasteiger partial charge in [-0.05, 0) is 31.0 Å². The highest BCUT2D eigenvalue weighted by molar-refractivity contribution is 5.95. The first-order valence-electron chi connectivity index (χ1n) is 7.65. The van der Waals surface area contributed by atoms with Crippen LogP contribution in [0.3, 0.4) is 0 Å². The Labute approximate surface area is 140 Å². The van der Waals surface area contributed by atoms with Crippen LogP contribution in [0.25, 0.3) is 0 Å². The summed E-state index contributed by atoms with van der Waals surface area (Å²) in [6.07, 6.45) is -7.40. The molecule has 1 aromatic rings. The van der Waals surface area contributed by atoms with E-state index in [1.807, 2.05) is 0 Å². The van der Waals surface area contributed by atoms with Crippen molar-refractivity contribution in [1.29, 1.82) is 0 Å². The monoisotopic (exact) mass is 369 g/mol. The average Bonchev–Trinajstić information content (AvgIpc) is 2.53. The average molecular weight is 369 g/mol. The number of amides is 1. The number of methoxy groups -OCH3 is 1. The van der Waals surface area contributed by atoms with Gasteiger partial charge in [0.1, 0.15) is 0 Å². The number of hydrogen-bond donors (Lipinski definition) is 1. The van der Waals surface area contributed by atoms with Gasteiger partial charge in [0.2, 0.25) is 0 Å². The Morgan fingerprint density at radius 3 is 2.00 bits per heavy atom. The van der Waals surface area contributed by atoms with Crippen LogP contribution in [0.15, 0.2) is 18.2 Å². The van der Waals surface area contributed by atoms with Gasteiger partial charge in [-0.25, -0.2) is 0 Å². The van der Waals surface area contributed by atoms with Crippen LogP contribution in [-0.4, -0.2) is 25.2 Å².